The molecule has 1 aliphatic carbocycles. The number of carbonyl (C=O) groups is 1. The molecule has 2 fully saturated rings. The van der Waals surface area contributed by atoms with Crippen LogP contribution in [0.15, 0.2) is 30.6 Å². The van der Waals surface area contributed by atoms with Crippen LogP contribution in [-0.2, 0) is 0 Å². The monoisotopic (exact) mass is 440 g/mol. The van der Waals surface area contributed by atoms with E-state index in [2.05, 4.69) is 30.5 Å². The van der Waals surface area contributed by atoms with Crippen LogP contribution >= 0.6 is 0 Å². The summed E-state index contributed by atoms with van der Waals surface area (Å²) in [5.41, 5.74) is 1.44. The molecule has 3 aromatic heterocycles. The van der Waals surface area contributed by atoms with Gasteiger partial charge in [0, 0.05) is 66.0 Å². The summed E-state index contributed by atoms with van der Waals surface area (Å²) in [6.45, 7) is -2.60. The van der Waals surface area contributed by atoms with Crippen LogP contribution in [-0.4, -0.2) is 70.5 Å². The van der Waals surface area contributed by atoms with Crippen LogP contribution in [0.4, 0.5) is 17.5 Å². The molecule has 0 radical (unpaired) electrons. The lowest BCUT2D eigenvalue weighted by atomic mass is 10.2. The first-order valence-electron chi connectivity index (χ1n) is 13.9. The van der Waals surface area contributed by atoms with Crippen LogP contribution in [0.2, 0.25) is 0 Å². The Morgan fingerprint density at radius 1 is 1.19 bits per heavy atom. The fourth-order valence-corrected chi connectivity index (χ4v) is 4.56. The first-order valence-corrected chi connectivity index (χ1v) is 10.9. The van der Waals surface area contributed by atoms with Crippen molar-refractivity contribution < 1.29 is 13.0 Å². The van der Waals surface area contributed by atoms with Crippen LogP contribution in [0, 0.1) is 0 Å². The molecule has 3 aromatic rings. The van der Waals surface area contributed by atoms with Crippen molar-refractivity contribution in [3.63, 3.8) is 0 Å². The Morgan fingerprint density at radius 3 is 2.72 bits per heavy atom. The van der Waals surface area contributed by atoms with Crippen LogP contribution in [0.5, 0.6) is 0 Å². The van der Waals surface area contributed by atoms with E-state index in [-0.39, 0.29) is 22.6 Å². The summed E-state index contributed by atoms with van der Waals surface area (Å²) in [5.74, 6) is -0.274. The number of nitrogens with one attached hydrogen (secondary N) is 2. The Labute approximate surface area is 196 Å². The molecule has 0 aromatic carbocycles. The molecule has 0 atom stereocenters. The molecule has 9 heteroatoms. The zero-order valence-corrected chi connectivity index (χ0v) is 17.7. The van der Waals surface area contributed by atoms with E-state index >= 15 is 0 Å². The molecule has 2 N–H and O–H groups in total. The highest BCUT2D eigenvalue weighted by atomic mass is 16.2. The third kappa shape index (κ3) is 4.00. The number of amides is 1. The standard InChI is InChI=1S/C23H30N8O/c1-29(2)22(32)19-13-16-14-26-23(28-21(16)31(19)17-5-3-4-6-17)27-20-8-7-18(15-25-20)30-11-9-24-10-12-30/h7-8,13-15,17,24H,3-6,9-12H2,1-2H3,(H,25,26,27,28)/i1D3,2D3. The number of piperazine rings is 1. The van der Waals surface area contributed by atoms with Gasteiger partial charge in [0.25, 0.3) is 5.91 Å². The van der Waals surface area contributed by atoms with Gasteiger partial charge < -0.3 is 25.0 Å². The molecule has 4 heterocycles. The average Bonchev–Trinajstić information content (AvgIpc) is 3.51. The largest absolute Gasteiger partial charge is 0.368 e. The molecule has 2 aliphatic rings. The van der Waals surface area contributed by atoms with Gasteiger partial charge in [0.2, 0.25) is 5.95 Å². The Hall–Kier alpha value is -3.20. The van der Waals surface area contributed by atoms with Crippen molar-refractivity contribution in [2.24, 2.45) is 0 Å². The van der Waals surface area contributed by atoms with E-state index in [1.165, 1.54) is 12.3 Å². The summed E-state index contributed by atoms with van der Waals surface area (Å²) in [6.07, 6.45) is 6.76. The van der Waals surface area contributed by atoms with Crippen LogP contribution in [0.1, 0.15) is 50.4 Å². The van der Waals surface area contributed by atoms with Gasteiger partial charge in [-0.25, -0.2) is 9.97 Å². The van der Waals surface area contributed by atoms with Crippen molar-refractivity contribution in [2.45, 2.75) is 31.7 Å². The number of carbonyl (C=O) groups excluding carboxylic acids is 1. The summed E-state index contributed by atoms with van der Waals surface area (Å²) < 4.78 is 47.9. The molecule has 1 saturated heterocycles. The van der Waals surface area contributed by atoms with Gasteiger partial charge in [0.15, 0.2) is 0 Å². The lowest BCUT2D eigenvalue weighted by molar-refractivity contribution is 0.0815. The second-order valence-corrected chi connectivity index (χ2v) is 8.21. The van der Waals surface area contributed by atoms with E-state index in [1.54, 1.807) is 10.8 Å². The molecule has 0 unspecified atom stereocenters. The number of rotatable bonds is 5. The summed E-state index contributed by atoms with van der Waals surface area (Å²) in [6, 6.07) is 5.20. The highest BCUT2D eigenvalue weighted by Crippen LogP contribution is 2.35. The lowest BCUT2D eigenvalue weighted by Gasteiger charge is -2.29. The zero-order valence-electron chi connectivity index (χ0n) is 23.7. The molecule has 5 rings (SSSR count). The van der Waals surface area contributed by atoms with Crippen molar-refractivity contribution in [3.8, 4) is 0 Å². The molecule has 0 spiro atoms. The third-order valence-corrected chi connectivity index (χ3v) is 6.16. The molecule has 1 aliphatic heterocycles. The van der Waals surface area contributed by atoms with Crippen LogP contribution < -0.4 is 15.5 Å². The SMILES string of the molecule is [2H]C([2H])([2H])N(C(=O)c1cc2cnc(Nc3ccc(N4CCNCC4)cn3)nc2n1C1CCCC1)C([2H])([2H])[2H]. The fraction of sp³-hybridized carbons (Fsp3) is 0.478. The number of aromatic nitrogens is 4. The van der Waals surface area contributed by atoms with Gasteiger partial charge in [-0.1, -0.05) is 12.8 Å². The Balaban J connectivity index is 1.48. The predicted molar refractivity (Wildman–Crippen MR) is 126 cm³/mol. The van der Waals surface area contributed by atoms with E-state index in [4.69, 9.17) is 8.22 Å². The van der Waals surface area contributed by atoms with Crippen LogP contribution in [0.25, 0.3) is 11.0 Å². The minimum Gasteiger partial charge on any atom is -0.368 e. The van der Waals surface area contributed by atoms with E-state index in [9.17, 15) is 4.79 Å². The van der Waals surface area contributed by atoms with Crippen molar-refractivity contribution in [3.05, 3.63) is 36.3 Å². The minimum atomic E-state index is -3.14. The predicted octanol–water partition coefficient (Wildman–Crippen LogP) is 2.80. The Kier molecular flexibility index (Phi) is 4.04. The number of hydrogen-bond acceptors (Lipinski definition) is 7. The van der Waals surface area contributed by atoms with Gasteiger partial charge >= 0.3 is 0 Å². The number of nitrogens with zero attached hydrogens (tertiary/aromatic N) is 6. The van der Waals surface area contributed by atoms with Gasteiger partial charge in [-0.3, -0.25) is 4.79 Å². The smallest absolute Gasteiger partial charge is 0.270 e. The quantitative estimate of drug-likeness (QED) is 0.630. The summed E-state index contributed by atoms with van der Waals surface area (Å²) in [5, 5.41) is 6.94. The number of pyridine rings is 1. The summed E-state index contributed by atoms with van der Waals surface area (Å²) in [7, 11) is 0. The third-order valence-electron chi connectivity index (χ3n) is 6.16. The summed E-state index contributed by atoms with van der Waals surface area (Å²) >= 11 is 0. The second kappa shape index (κ2) is 8.74. The van der Waals surface area contributed by atoms with Crippen LogP contribution in [0.3, 0.4) is 0 Å². The molecule has 9 nitrogen and oxygen atoms in total. The summed E-state index contributed by atoms with van der Waals surface area (Å²) in [4.78, 5) is 29.2. The van der Waals surface area contributed by atoms with Crippen molar-refractivity contribution in [1.29, 1.82) is 0 Å². The maximum Gasteiger partial charge on any atom is 0.270 e. The molecule has 1 amide bonds. The van der Waals surface area contributed by atoms with Crippen molar-refractivity contribution in [1.82, 2.24) is 29.7 Å². The van der Waals surface area contributed by atoms with E-state index in [0.29, 0.717) is 16.9 Å². The Morgan fingerprint density at radius 2 is 2.00 bits per heavy atom. The molecule has 1 saturated carbocycles. The highest BCUT2D eigenvalue weighted by molar-refractivity contribution is 5.97. The van der Waals surface area contributed by atoms with Gasteiger partial charge in [-0.2, -0.15) is 4.98 Å². The fourth-order valence-electron chi connectivity index (χ4n) is 4.56. The minimum absolute atomic E-state index is 0.00384. The Bertz CT molecular complexity index is 1280. The van der Waals surface area contributed by atoms with Gasteiger partial charge in [-0.15, -0.1) is 0 Å². The van der Waals surface area contributed by atoms with Crippen molar-refractivity contribution in [2.75, 3.05) is 50.3 Å². The van der Waals surface area contributed by atoms with Gasteiger partial charge in [0.05, 0.1) is 11.9 Å². The molecule has 168 valence electrons. The maximum atomic E-state index is 13.4. The van der Waals surface area contributed by atoms with E-state index in [0.717, 1.165) is 57.5 Å². The number of fused-ring (bicyclic) bond motifs is 1. The molecule has 0 bridgehead atoms. The van der Waals surface area contributed by atoms with Crippen molar-refractivity contribution >= 4 is 34.4 Å². The number of hydrogen-bond donors (Lipinski definition) is 2. The van der Waals surface area contributed by atoms with Gasteiger partial charge in [0.1, 0.15) is 17.2 Å². The maximum absolute atomic E-state index is 13.4. The topological polar surface area (TPSA) is 91.2 Å². The van der Waals surface area contributed by atoms with E-state index in [1.807, 2.05) is 12.1 Å². The van der Waals surface area contributed by atoms with Gasteiger partial charge in [-0.05, 0) is 31.0 Å². The average molecular weight is 441 g/mol. The first kappa shape index (κ1) is 14.8. The highest BCUT2D eigenvalue weighted by Gasteiger charge is 2.26. The first-order chi connectivity index (χ1) is 18.0. The van der Waals surface area contributed by atoms with E-state index < -0.39 is 19.9 Å². The number of anilines is 3. The normalized spacial score (nSPS) is 20.7. The lowest BCUT2D eigenvalue weighted by Crippen LogP contribution is -2.43. The second-order valence-electron chi connectivity index (χ2n) is 8.21. The molecule has 32 heavy (non-hydrogen) atoms. The zero-order chi connectivity index (χ0) is 27.1. The molecular weight excluding hydrogens is 404 g/mol. The molecular formula is C23H30N8O.